The van der Waals surface area contributed by atoms with E-state index >= 15 is 0 Å². The number of nitrogens with zero attached hydrogens (tertiary/aromatic N) is 2. The van der Waals surface area contributed by atoms with E-state index in [4.69, 9.17) is 17.0 Å². The fourth-order valence-corrected chi connectivity index (χ4v) is 3.55. The van der Waals surface area contributed by atoms with Gasteiger partial charge in [0.15, 0.2) is 5.75 Å². The van der Waals surface area contributed by atoms with Gasteiger partial charge >= 0.3 is 5.69 Å². The largest absolute Gasteiger partial charge is 0.500 e. The van der Waals surface area contributed by atoms with Crippen molar-refractivity contribution in [1.29, 1.82) is 0 Å². The molecule has 1 aliphatic heterocycles. The van der Waals surface area contributed by atoms with Crippen LogP contribution in [0, 0.1) is 16.0 Å². The van der Waals surface area contributed by atoms with Crippen molar-refractivity contribution in [3.63, 3.8) is 0 Å². The molecule has 1 aliphatic rings. The molecule has 9 heteroatoms. The van der Waals surface area contributed by atoms with Crippen LogP contribution in [-0.4, -0.2) is 38.3 Å². The number of thiocarbonyl (C=S) groups is 1. The van der Waals surface area contributed by atoms with E-state index in [1.807, 2.05) is 13.8 Å². The minimum atomic E-state index is -0.695. The molecular weight excluding hydrogens is 364 g/mol. The molecule has 25 heavy (non-hydrogen) atoms. The van der Waals surface area contributed by atoms with E-state index in [0.717, 1.165) is 11.8 Å². The molecule has 0 atom stereocenters. The van der Waals surface area contributed by atoms with Crippen LogP contribution < -0.4 is 4.74 Å². The number of rotatable bonds is 6. The van der Waals surface area contributed by atoms with E-state index < -0.39 is 16.4 Å². The van der Waals surface area contributed by atoms with Crippen LogP contribution in [-0.2, 0) is 4.79 Å². The summed E-state index contributed by atoms with van der Waals surface area (Å²) in [7, 11) is 0. The Kier molecular flexibility index (Phi) is 6.02. The van der Waals surface area contributed by atoms with E-state index in [2.05, 4.69) is 0 Å². The molecule has 0 spiro atoms. The van der Waals surface area contributed by atoms with E-state index in [0.29, 0.717) is 21.3 Å². The van der Waals surface area contributed by atoms with Crippen molar-refractivity contribution in [1.82, 2.24) is 4.90 Å². The molecule has 0 aromatic heterocycles. The number of phenolic OH excluding ortho intramolecular Hbond substituents is 1. The summed E-state index contributed by atoms with van der Waals surface area (Å²) in [5, 5.41) is 21.0. The Hall–Kier alpha value is -2.13. The number of benzene rings is 1. The Morgan fingerprint density at radius 3 is 2.72 bits per heavy atom. The zero-order valence-electron chi connectivity index (χ0n) is 14.0. The lowest BCUT2D eigenvalue weighted by Gasteiger charge is -2.16. The van der Waals surface area contributed by atoms with Crippen molar-refractivity contribution < 1.29 is 19.6 Å². The summed E-state index contributed by atoms with van der Waals surface area (Å²) < 4.78 is 5.70. The highest BCUT2D eigenvalue weighted by molar-refractivity contribution is 8.26. The van der Waals surface area contributed by atoms with Gasteiger partial charge in [0.05, 0.1) is 16.4 Å². The van der Waals surface area contributed by atoms with Gasteiger partial charge in [-0.25, -0.2) is 0 Å². The van der Waals surface area contributed by atoms with Gasteiger partial charge in [0.25, 0.3) is 5.91 Å². The first-order chi connectivity index (χ1) is 11.7. The Balaban J connectivity index is 2.42. The van der Waals surface area contributed by atoms with Gasteiger partial charge in [-0.1, -0.05) is 37.8 Å². The van der Waals surface area contributed by atoms with Crippen LogP contribution in [0.2, 0.25) is 0 Å². The Morgan fingerprint density at radius 1 is 1.48 bits per heavy atom. The third-order valence-corrected chi connectivity index (χ3v) is 4.67. The van der Waals surface area contributed by atoms with Gasteiger partial charge in [-0.2, -0.15) is 0 Å². The normalized spacial score (nSPS) is 16.2. The summed E-state index contributed by atoms with van der Waals surface area (Å²) in [6.45, 7) is 6.43. The number of amides is 1. The maximum absolute atomic E-state index is 12.5. The molecule has 0 aliphatic carbocycles. The van der Waals surface area contributed by atoms with Crippen LogP contribution >= 0.6 is 24.0 Å². The summed E-state index contributed by atoms with van der Waals surface area (Å²) in [5.74, 6) is -0.490. The van der Waals surface area contributed by atoms with Gasteiger partial charge in [-0.3, -0.25) is 19.8 Å². The van der Waals surface area contributed by atoms with E-state index in [1.165, 1.54) is 23.1 Å². The molecule has 1 saturated heterocycles. The molecule has 1 aromatic rings. The second kappa shape index (κ2) is 7.83. The lowest BCUT2D eigenvalue weighted by molar-refractivity contribution is -0.386. The van der Waals surface area contributed by atoms with Gasteiger partial charge < -0.3 is 9.84 Å². The molecule has 0 saturated carbocycles. The monoisotopic (exact) mass is 382 g/mol. The zero-order valence-corrected chi connectivity index (χ0v) is 15.6. The van der Waals surface area contributed by atoms with Crippen molar-refractivity contribution >= 4 is 46.0 Å². The number of aromatic hydroxyl groups is 1. The average Bonchev–Trinajstić information content (AvgIpc) is 2.77. The zero-order chi connectivity index (χ0) is 18.7. The number of carbonyl (C=O) groups excluding carboxylic acids is 1. The molecular formula is C16H18N2O5S2. The highest BCUT2D eigenvalue weighted by Gasteiger charge is 2.32. The van der Waals surface area contributed by atoms with Gasteiger partial charge in [0.1, 0.15) is 4.32 Å². The van der Waals surface area contributed by atoms with E-state index in [9.17, 15) is 20.0 Å². The van der Waals surface area contributed by atoms with Crippen molar-refractivity contribution in [3.8, 4) is 11.5 Å². The number of carbonyl (C=O) groups is 1. The van der Waals surface area contributed by atoms with Crippen LogP contribution in [0.3, 0.4) is 0 Å². The molecule has 2 rings (SSSR count). The first kappa shape index (κ1) is 19.2. The number of thioether (sulfide) groups is 1. The minimum Gasteiger partial charge on any atom is -0.500 e. The summed E-state index contributed by atoms with van der Waals surface area (Å²) in [6.07, 6.45) is 1.52. The van der Waals surface area contributed by atoms with Gasteiger partial charge in [-0.15, -0.1) is 0 Å². The first-order valence-electron chi connectivity index (χ1n) is 7.64. The second-order valence-corrected chi connectivity index (χ2v) is 7.44. The molecule has 7 nitrogen and oxygen atoms in total. The standard InChI is InChI=1S/C16H18N2O5S2/c1-4-23-12-6-10(5-11(14(12)19)18(21)22)7-13-15(20)17(8-9(2)3)16(24)25-13/h5-7,9,19H,4,8H2,1-3H3. The number of hydrogen-bond acceptors (Lipinski definition) is 7. The van der Waals surface area contributed by atoms with Crippen LogP contribution in [0.15, 0.2) is 17.0 Å². The first-order valence-corrected chi connectivity index (χ1v) is 8.86. The third-order valence-electron chi connectivity index (χ3n) is 3.29. The SMILES string of the molecule is CCOc1cc(C=C2SC(=S)N(CC(C)C)C2=O)cc([N+](=O)[O-])c1O. The molecule has 1 N–H and O–H groups in total. The van der Waals surface area contributed by atoms with Crippen molar-refractivity contribution in [2.24, 2.45) is 5.92 Å². The van der Waals surface area contributed by atoms with Crippen molar-refractivity contribution in [3.05, 3.63) is 32.7 Å². The summed E-state index contributed by atoms with van der Waals surface area (Å²) in [5.41, 5.74) is -0.0899. The molecule has 0 radical (unpaired) electrons. The lowest BCUT2D eigenvalue weighted by atomic mass is 10.1. The Bertz CT molecular complexity index is 761. The predicted octanol–water partition coefficient (Wildman–Crippen LogP) is 3.56. The maximum atomic E-state index is 12.5. The van der Waals surface area contributed by atoms with E-state index in [1.54, 1.807) is 6.92 Å². The Labute approximate surface area is 154 Å². The number of phenols is 1. The number of ether oxygens (including phenoxy) is 1. The van der Waals surface area contributed by atoms with Crippen molar-refractivity contribution in [2.75, 3.05) is 13.2 Å². The summed E-state index contributed by atoms with van der Waals surface area (Å²) in [4.78, 5) is 24.8. The molecule has 1 heterocycles. The van der Waals surface area contributed by atoms with Crippen LogP contribution in [0.4, 0.5) is 5.69 Å². The van der Waals surface area contributed by atoms with Gasteiger partial charge in [0.2, 0.25) is 5.75 Å². The minimum absolute atomic E-state index is 0.000564. The highest BCUT2D eigenvalue weighted by Crippen LogP contribution is 2.39. The number of hydrogen-bond donors (Lipinski definition) is 1. The van der Waals surface area contributed by atoms with Crippen LogP contribution in [0.25, 0.3) is 6.08 Å². The Morgan fingerprint density at radius 2 is 2.16 bits per heavy atom. The summed E-state index contributed by atoms with van der Waals surface area (Å²) in [6, 6.07) is 2.66. The quantitative estimate of drug-likeness (QED) is 0.348. The molecule has 1 amide bonds. The molecule has 1 aromatic carbocycles. The average molecular weight is 382 g/mol. The molecule has 1 fully saturated rings. The van der Waals surface area contributed by atoms with E-state index in [-0.39, 0.29) is 24.2 Å². The maximum Gasteiger partial charge on any atom is 0.315 e. The topological polar surface area (TPSA) is 92.9 Å². The lowest BCUT2D eigenvalue weighted by Crippen LogP contribution is -2.31. The second-order valence-electron chi connectivity index (χ2n) is 5.76. The van der Waals surface area contributed by atoms with Crippen LogP contribution in [0.1, 0.15) is 26.3 Å². The fourth-order valence-electron chi connectivity index (χ4n) is 2.28. The number of nitro benzene ring substituents is 1. The fraction of sp³-hybridized carbons (Fsp3) is 0.375. The van der Waals surface area contributed by atoms with Crippen LogP contribution in [0.5, 0.6) is 11.5 Å². The molecule has 0 unspecified atom stereocenters. The van der Waals surface area contributed by atoms with Crippen molar-refractivity contribution in [2.45, 2.75) is 20.8 Å². The number of nitro groups is 1. The van der Waals surface area contributed by atoms with Gasteiger partial charge in [0, 0.05) is 12.6 Å². The highest BCUT2D eigenvalue weighted by atomic mass is 32.2. The third kappa shape index (κ3) is 4.29. The smallest absolute Gasteiger partial charge is 0.315 e. The summed E-state index contributed by atoms with van der Waals surface area (Å²) >= 11 is 6.39. The predicted molar refractivity (Wildman–Crippen MR) is 101 cm³/mol. The van der Waals surface area contributed by atoms with Gasteiger partial charge in [-0.05, 0) is 30.5 Å². The molecule has 0 bridgehead atoms. The molecule has 134 valence electrons.